The fourth-order valence-corrected chi connectivity index (χ4v) is 4.50. The van der Waals surface area contributed by atoms with Gasteiger partial charge in [0.1, 0.15) is 0 Å². The van der Waals surface area contributed by atoms with E-state index in [9.17, 15) is 9.59 Å². The molecule has 0 saturated carbocycles. The number of hydrogen-bond acceptors (Lipinski definition) is 3. The predicted molar refractivity (Wildman–Crippen MR) is 107 cm³/mol. The van der Waals surface area contributed by atoms with Crippen molar-refractivity contribution in [2.75, 3.05) is 32.8 Å². The van der Waals surface area contributed by atoms with Crippen LogP contribution in [-0.4, -0.2) is 66.2 Å². The first-order valence-corrected chi connectivity index (χ1v) is 10.6. The van der Waals surface area contributed by atoms with Crippen molar-refractivity contribution in [2.24, 2.45) is 0 Å². The Morgan fingerprint density at radius 1 is 1.00 bits per heavy atom. The number of piperidine rings is 2. The number of urea groups is 1. The summed E-state index contributed by atoms with van der Waals surface area (Å²) in [7, 11) is 0. The lowest BCUT2D eigenvalue weighted by molar-refractivity contribution is -0.169. The number of benzene rings is 1. The molecule has 152 valence electrons. The molecule has 1 aromatic carbocycles. The predicted octanol–water partition coefficient (Wildman–Crippen LogP) is 2.57. The van der Waals surface area contributed by atoms with Crippen LogP contribution in [0.2, 0.25) is 0 Å². The second kappa shape index (κ2) is 8.52. The highest BCUT2D eigenvalue weighted by molar-refractivity contribution is 5.77. The molecule has 3 fully saturated rings. The van der Waals surface area contributed by atoms with Gasteiger partial charge in [-0.1, -0.05) is 30.3 Å². The minimum Gasteiger partial charge on any atom is -0.375 e. The van der Waals surface area contributed by atoms with Gasteiger partial charge in [0.2, 0.25) is 5.91 Å². The van der Waals surface area contributed by atoms with E-state index in [1.807, 2.05) is 28.0 Å². The van der Waals surface area contributed by atoms with Crippen LogP contribution in [0.4, 0.5) is 4.79 Å². The van der Waals surface area contributed by atoms with E-state index in [-0.39, 0.29) is 23.6 Å². The molecule has 0 unspecified atom stereocenters. The molecule has 0 atom stereocenters. The van der Waals surface area contributed by atoms with Gasteiger partial charge in [0, 0.05) is 38.6 Å². The van der Waals surface area contributed by atoms with Crippen LogP contribution in [0.5, 0.6) is 0 Å². The van der Waals surface area contributed by atoms with E-state index < -0.39 is 0 Å². The minimum atomic E-state index is 0.0445. The van der Waals surface area contributed by atoms with Gasteiger partial charge in [-0.2, -0.15) is 0 Å². The smallest absolute Gasteiger partial charge is 0.317 e. The quantitative estimate of drug-likeness (QED) is 0.867. The number of rotatable bonds is 4. The Bertz CT molecular complexity index is 672. The van der Waals surface area contributed by atoms with Gasteiger partial charge in [0.15, 0.2) is 0 Å². The SMILES string of the molecule is O=C(CCc1ccccc1)N1CCC(NC(=O)N2CCC3(CCO3)CC2)CC1. The summed E-state index contributed by atoms with van der Waals surface area (Å²) < 4.78 is 5.72. The maximum atomic E-state index is 12.6. The van der Waals surface area contributed by atoms with Gasteiger partial charge in [-0.25, -0.2) is 4.79 Å². The van der Waals surface area contributed by atoms with Crippen molar-refractivity contribution in [3.8, 4) is 0 Å². The van der Waals surface area contributed by atoms with Crippen molar-refractivity contribution in [3.63, 3.8) is 0 Å². The number of carbonyl (C=O) groups is 2. The zero-order valence-electron chi connectivity index (χ0n) is 16.6. The number of ether oxygens (including phenoxy) is 1. The Kier molecular flexibility index (Phi) is 5.85. The number of nitrogens with zero attached hydrogens (tertiary/aromatic N) is 2. The summed E-state index contributed by atoms with van der Waals surface area (Å²) in [5.74, 6) is 0.218. The minimum absolute atomic E-state index is 0.0445. The fourth-order valence-electron chi connectivity index (χ4n) is 4.50. The molecule has 1 N–H and O–H groups in total. The molecule has 6 nitrogen and oxygen atoms in total. The summed E-state index contributed by atoms with van der Waals surface area (Å²) in [4.78, 5) is 28.9. The zero-order chi connectivity index (χ0) is 19.4. The molecule has 3 saturated heterocycles. The van der Waals surface area contributed by atoms with Gasteiger partial charge >= 0.3 is 6.03 Å². The average Bonchev–Trinajstić information content (AvgIpc) is 2.72. The van der Waals surface area contributed by atoms with Crippen LogP contribution in [-0.2, 0) is 16.0 Å². The number of likely N-dealkylation sites (tertiary alicyclic amines) is 2. The molecule has 3 amide bonds. The van der Waals surface area contributed by atoms with Gasteiger partial charge in [-0.05, 0) is 44.1 Å². The van der Waals surface area contributed by atoms with E-state index >= 15 is 0 Å². The lowest BCUT2D eigenvalue weighted by Gasteiger charge is -2.47. The van der Waals surface area contributed by atoms with Gasteiger partial charge in [-0.3, -0.25) is 4.79 Å². The van der Waals surface area contributed by atoms with Crippen molar-refractivity contribution in [1.29, 1.82) is 0 Å². The molecule has 4 rings (SSSR count). The lowest BCUT2D eigenvalue weighted by atomic mass is 9.84. The Labute approximate surface area is 167 Å². The first-order valence-electron chi connectivity index (χ1n) is 10.6. The maximum Gasteiger partial charge on any atom is 0.317 e. The van der Waals surface area contributed by atoms with Gasteiger partial charge in [0.05, 0.1) is 12.2 Å². The number of amides is 3. The molecule has 3 aliphatic heterocycles. The number of carbonyl (C=O) groups excluding carboxylic acids is 2. The largest absolute Gasteiger partial charge is 0.375 e. The normalized spacial score (nSPS) is 22.0. The molecular formula is C22H31N3O3. The third kappa shape index (κ3) is 4.49. The average molecular weight is 386 g/mol. The summed E-state index contributed by atoms with van der Waals surface area (Å²) in [5.41, 5.74) is 1.27. The molecule has 28 heavy (non-hydrogen) atoms. The van der Waals surface area contributed by atoms with Crippen LogP contribution >= 0.6 is 0 Å². The van der Waals surface area contributed by atoms with Crippen LogP contribution in [0.15, 0.2) is 30.3 Å². The lowest BCUT2D eigenvalue weighted by Crippen LogP contribution is -2.56. The fraction of sp³-hybridized carbons (Fsp3) is 0.636. The van der Waals surface area contributed by atoms with Gasteiger partial charge < -0.3 is 19.9 Å². The highest BCUT2D eigenvalue weighted by Gasteiger charge is 2.42. The van der Waals surface area contributed by atoms with Crippen LogP contribution in [0, 0.1) is 0 Å². The Morgan fingerprint density at radius 3 is 2.29 bits per heavy atom. The topological polar surface area (TPSA) is 61.9 Å². The highest BCUT2D eigenvalue weighted by atomic mass is 16.5. The van der Waals surface area contributed by atoms with E-state index in [4.69, 9.17) is 4.74 Å². The third-order valence-electron chi connectivity index (χ3n) is 6.57. The molecule has 3 aliphatic rings. The van der Waals surface area contributed by atoms with Crippen molar-refractivity contribution in [2.45, 2.75) is 56.6 Å². The number of hydrogen-bond donors (Lipinski definition) is 1. The summed E-state index contributed by atoms with van der Waals surface area (Å²) in [6.45, 7) is 3.89. The van der Waals surface area contributed by atoms with Crippen molar-refractivity contribution < 1.29 is 14.3 Å². The molecule has 0 aliphatic carbocycles. The Balaban J connectivity index is 1.16. The monoisotopic (exact) mass is 385 g/mol. The first-order chi connectivity index (χ1) is 13.6. The summed E-state index contributed by atoms with van der Waals surface area (Å²) in [6, 6.07) is 10.4. The molecule has 0 aromatic heterocycles. The molecule has 0 radical (unpaired) electrons. The molecule has 3 heterocycles. The number of nitrogens with one attached hydrogen (secondary N) is 1. The van der Waals surface area contributed by atoms with E-state index in [0.717, 1.165) is 71.3 Å². The molecule has 6 heteroatoms. The van der Waals surface area contributed by atoms with Crippen LogP contribution in [0.3, 0.4) is 0 Å². The van der Waals surface area contributed by atoms with Crippen molar-refractivity contribution in [3.05, 3.63) is 35.9 Å². The third-order valence-corrected chi connectivity index (χ3v) is 6.57. The van der Waals surface area contributed by atoms with Crippen LogP contribution < -0.4 is 5.32 Å². The second-order valence-corrected chi connectivity index (χ2v) is 8.36. The molecule has 1 aromatic rings. The summed E-state index contributed by atoms with van der Waals surface area (Å²) in [5, 5.41) is 3.18. The van der Waals surface area contributed by atoms with Gasteiger partial charge in [-0.15, -0.1) is 0 Å². The standard InChI is InChI=1S/C22H31N3O3/c26-20(7-6-18-4-2-1-3-5-18)24-13-8-19(9-14-24)23-21(27)25-15-10-22(11-16-25)12-17-28-22/h1-5,19H,6-17H2,(H,23,27). The van der Waals surface area contributed by atoms with E-state index in [0.29, 0.717) is 6.42 Å². The Hall–Kier alpha value is -2.08. The number of aryl methyl sites for hydroxylation is 1. The second-order valence-electron chi connectivity index (χ2n) is 8.36. The summed E-state index contributed by atoms with van der Waals surface area (Å²) >= 11 is 0. The molecular weight excluding hydrogens is 354 g/mol. The van der Waals surface area contributed by atoms with E-state index in [2.05, 4.69) is 17.4 Å². The van der Waals surface area contributed by atoms with Crippen molar-refractivity contribution in [1.82, 2.24) is 15.1 Å². The molecule has 0 bridgehead atoms. The van der Waals surface area contributed by atoms with Crippen molar-refractivity contribution >= 4 is 11.9 Å². The zero-order valence-corrected chi connectivity index (χ0v) is 16.6. The summed E-state index contributed by atoms with van der Waals surface area (Å²) in [6.07, 6.45) is 6.06. The van der Waals surface area contributed by atoms with Crippen LogP contribution in [0.1, 0.15) is 44.1 Å². The molecule has 1 spiro atoms. The van der Waals surface area contributed by atoms with Gasteiger partial charge in [0.25, 0.3) is 0 Å². The van der Waals surface area contributed by atoms with E-state index in [1.165, 1.54) is 5.56 Å². The Morgan fingerprint density at radius 2 is 1.68 bits per heavy atom. The maximum absolute atomic E-state index is 12.6. The van der Waals surface area contributed by atoms with E-state index in [1.54, 1.807) is 0 Å². The first kappa shape index (κ1) is 19.2. The highest BCUT2D eigenvalue weighted by Crippen LogP contribution is 2.36. The van der Waals surface area contributed by atoms with Crippen LogP contribution in [0.25, 0.3) is 0 Å².